The van der Waals surface area contributed by atoms with E-state index >= 15 is 0 Å². The summed E-state index contributed by atoms with van der Waals surface area (Å²) < 4.78 is 160. The Hall–Kier alpha value is -9.46. The van der Waals surface area contributed by atoms with Gasteiger partial charge >= 0.3 is 0 Å². The van der Waals surface area contributed by atoms with Crippen LogP contribution in [0.2, 0.25) is 40.2 Å². The monoisotopic (exact) mass is 1850 g/mol. The largest absolute Gasteiger partial charge is 0.493 e. The van der Waals surface area contributed by atoms with E-state index in [1.807, 2.05) is 23.6 Å². The number of anilines is 6. The number of aromatic nitrogens is 6. The van der Waals surface area contributed by atoms with Gasteiger partial charge in [0.15, 0.2) is 0 Å². The second-order valence-electron chi connectivity index (χ2n) is 25.4. The molecular weight excluding hydrogens is 1780 g/mol. The van der Waals surface area contributed by atoms with Crippen LogP contribution in [0, 0.1) is 0 Å². The number of hydrogen-bond donors (Lipinski definition) is 6. The molecule has 0 saturated carbocycles. The van der Waals surface area contributed by atoms with E-state index in [1.165, 1.54) is 48.5 Å². The van der Waals surface area contributed by atoms with Crippen molar-refractivity contribution in [3.8, 4) is 23.0 Å². The lowest BCUT2D eigenvalue weighted by Gasteiger charge is -2.35. The summed E-state index contributed by atoms with van der Waals surface area (Å²) in [6.07, 6.45) is 0.677. The summed E-state index contributed by atoms with van der Waals surface area (Å²) in [5, 5.41) is 41.3. The van der Waals surface area contributed by atoms with Gasteiger partial charge in [-0.05, 0) is 135 Å². The molecule has 8 aromatic carbocycles. The van der Waals surface area contributed by atoms with Crippen molar-refractivity contribution in [3.05, 3.63) is 196 Å². The molecule has 1 aliphatic rings. The van der Waals surface area contributed by atoms with Gasteiger partial charge in [0.2, 0.25) is 23.8 Å². The highest BCUT2D eigenvalue weighted by Gasteiger charge is 2.28. The van der Waals surface area contributed by atoms with Crippen molar-refractivity contribution in [2.45, 2.75) is 62.2 Å². The molecule has 118 heavy (non-hydrogen) atoms. The highest BCUT2D eigenvalue weighted by molar-refractivity contribution is 7.86. The summed E-state index contributed by atoms with van der Waals surface area (Å²) >= 11 is 52.2. The van der Waals surface area contributed by atoms with Gasteiger partial charge in [0.25, 0.3) is 40.5 Å². The second-order valence-corrected chi connectivity index (χ2v) is 34.6. The zero-order valence-electron chi connectivity index (χ0n) is 61.5. The molecule has 0 spiro atoms. The summed E-state index contributed by atoms with van der Waals surface area (Å²) in [6, 6.07) is 32.4. The molecule has 10 aromatic rings. The summed E-state index contributed by atoms with van der Waals surface area (Å²) in [5.41, 5.74) is 2.57. The predicted molar refractivity (Wildman–Crippen MR) is 449 cm³/mol. The Bertz CT molecular complexity index is 5630. The SMILES string of the molecule is CCCOc1cc(N=Nc2ccc(Cl)cc2)c(Cl)cc1Cc1nc(Cc2cc(Cl)c(N=Nc3ccc(Cl)c(S(=O)(=O)O)c3)cc2OCCCS(=O)(=O)O)nc(N2CCN(c3nc(Nc4cc(Cl)c(N=Nc5ccc(Cl)cc5)cc4OCCC)nc(Nc4cc(Cl)c(N=Nc5ccc(Cl)c(S(=O)(=O)O)c5)cc4OCCCS(=O)(=O)O)n3)CC2)n1. The average Bonchev–Trinajstić information content (AvgIpc) is 0.794. The minimum atomic E-state index is -4.79. The van der Waals surface area contributed by atoms with Gasteiger partial charge in [-0.2, -0.15) is 79.0 Å². The fraction of sp³-hybridized carbons (Fsp3) is 0.250. The zero-order valence-corrected chi connectivity index (χ0v) is 70.8. The molecule has 1 aliphatic heterocycles. The first-order valence-corrected chi connectivity index (χ1v) is 44.2. The number of piperazine rings is 1. The number of halogens is 8. The van der Waals surface area contributed by atoms with Gasteiger partial charge in [-0.15, -0.1) is 20.5 Å². The summed E-state index contributed by atoms with van der Waals surface area (Å²) in [5.74, 6) is -0.212. The molecule has 46 heteroatoms. The van der Waals surface area contributed by atoms with Gasteiger partial charge in [-0.3, -0.25) is 18.2 Å². The van der Waals surface area contributed by atoms with Gasteiger partial charge in [-0.1, -0.05) is 107 Å². The first kappa shape index (κ1) is 89.3. The maximum absolute atomic E-state index is 12.1. The van der Waals surface area contributed by atoms with E-state index in [9.17, 15) is 51.9 Å². The van der Waals surface area contributed by atoms with Crippen molar-refractivity contribution < 1.29 is 70.8 Å². The number of nitrogens with zero attached hydrogens (tertiary/aromatic N) is 16. The molecule has 3 heterocycles. The number of benzene rings is 8. The topological polar surface area (TPSA) is 461 Å². The van der Waals surface area contributed by atoms with Gasteiger partial charge in [0, 0.05) is 84.5 Å². The first-order chi connectivity index (χ1) is 56.1. The third kappa shape index (κ3) is 25.8. The van der Waals surface area contributed by atoms with E-state index in [1.54, 1.807) is 72.8 Å². The van der Waals surface area contributed by atoms with Crippen LogP contribution in [0.4, 0.5) is 80.7 Å². The van der Waals surface area contributed by atoms with Crippen molar-refractivity contribution in [3.63, 3.8) is 0 Å². The van der Waals surface area contributed by atoms with Crippen molar-refractivity contribution >= 4 is 214 Å². The molecule has 1 saturated heterocycles. The average molecular weight is 1850 g/mol. The third-order valence-electron chi connectivity index (χ3n) is 16.4. The Kier molecular flexibility index (Phi) is 30.3. The minimum absolute atomic E-state index is 0.00420. The Labute approximate surface area is 716 Å². The second kappa shape index (κ2) is 40.1. The van der Waals surface area contributed by atoms with Crippen LogP contribution in [0.1, 0.15) is 62.3 Å². The summed E-state index contributed by atoms with van der Waals surface area (Å²) in [6.45, 7) is 4.48. The standard InChI is InChI=1S/C72H66Cl8N18O16S4/c1-3-23-111-61-37-55(93-89-45-11-7-43(73)8-12-45)51(77)29-41(61)31-67-83-68(32-42-30-52(78)56(38-62(42)113-25-5-27-115(99,100)101)95-91-47-15-17-49(75)65(33-47)117(105,106)107)85-71(84-67)97-19-21-98(22-20-97)72-87-69(81-59-35-53(79)57(39-63(59)112-24-4-2)94-90-46-13-9-44(74)10-14-46)86-70(88-72)82-60-36-54(80)58(40-64(60)114-26-6-28-116(102,103)104)96-92-48-16-18-50(76)66(34-48)118(108,109)110/h7-18,29-30,33-40H,3-6,19-28,31-32H2,1-2H3,(H,99,100,101)(H,102,103,104)(H,105,106,107)(H,108,109,110)(H2,81,82,86,87,88). The molecular formula is C72H66Cl8N18O16S4. The quantitative estimate of drug-likeness (QED) is 0.0121. The number of ether oxygens (including phenoxy) is 4. The van der Waals surface area contributed by atoms with Gasteiger partial charge in [0.05, 0.1) is 102 Å². The Morgan fingerprint density at radius 2 is 0.703 bits per heavy atom. The fourth-order valence-electron chi connectivity index (χ4n) is 10.8. The van der Waals surface area contributed by atoms with Crippen LogP contribution >= 0.6 is 92.8 Å². The van der Waals surface area contributed by atoms with Crippen LogP contribution in [0.3, 0.4) is 0 Å². The molecule has 0 atom stereocenters. The molecule has 2 aromatic heterocycles. The minimum Gasteiger partial charge on any atom is -0.493 e. The fourth-order valence-corrected chi connectivity index (χ4v) is 14.9. The maximum Gasteiger partial charge on any atom is 0.296 e. The van der Waals surface area contributed by atoms with E-state index < -0.39 is 61.8 Å². The van der Waals surface area contributed by atoms with E-state index in [0.29, 0.717) is 51.1 Å². The third-order valence-corrected chi connectivity index (χ3v) is 22.4. The van der Waals surface area contributed by atoms with Gasteiger partial charge in [0.1, 0.15) is 67.2 Å². The normalized spacial score (nSPS) is 13.0. The Morgan fingerprint density at radius 3 is 1.08 bits per heavy atom. The predicted octanol–water partition coefficient (Wildman–Crippen LogP) is 20.3. The van der Waals surface area contributed by atoms with Gasteiger partial charge in [-0.25, -0.2) is 4.98 Å². The lowest BCUT2D eigenvalue weighted by Crippen LogP contribution is -2.48. The maximum atomic E-state index is 12.1. The highest BCUT2D eigenvalue weighted by Crippen LogP contribution is 2.44. The Balaban J connectivity index is 0.979. The first-order valence-electron chi connectivity index (χ1n) is 35.1. The van der Waals surface area contributed by atoms with Crippen molar-refractivity contribution in [1.29, 1.82) is 0 Å². The number of hydrogen-bond acceptors (Lipinski definition) is 30. The van der Waals surface area contributed by atoms with E-state index in [0.717, 1.165) is 12.1 Å². The molecule has 6 N–H and O–H groups in total. The molecule has 0 unspecified atom stereocenters. The Morgan fingerprint density at radius 1 is 0.373 bits per heavy atom. The van der Waals surface area contributed by atoms with Crippen LogP contribution < -0.4 is 39.4 Å². The van der Waals surface area contributed by atoms with Crippen molar-refractivity contribution in [1.82, 2.24) is 29.9 Å². The van der Waals surface area contributed by atoms with Crippen LogP contribution in [-0.4, -0.2) is 146 Å². The van der Waals surface area contributed by atoms with Crippen molar-refractivity contribution in [2.24, 2.45) is 40.9 Å². The summed E-state index contributed by atoms with van der Waals surface area (Å²) in [7, 11) is -18.4. The van der Waals surface area contributed by atoms with E-state index in [-0.39, 0.29) is 207 Å². The molecule has 11 rings (SSSR count). The smallest absolute Gasteiger partial charge is 0.296 e. The molecule has 0 bridgehead atoms. The zero-order chi connectivity index (χ0) is 84.6. The van der Waals surface area contributed by atoms with Gasteiger partial charge < -0.3 is 39.4 Å². The molecule has 0 amide bonds. The highest BCUT2D eigenvalue weighted by atomic mass is 35.5. The van der Waals surface area contributed by atoms with Crippen LogP contribution in [0.15, 0.2) is 184 Å². The molecule has 0 radical (unpaired) electrons. The van der Waals surface area contributed by atoms with Crippen LogP contribution in [-0.2, 0) is 53.3 Å². The molecule has 620 valence electrons. The van der Waals surface area contributed by atoms with Crippen LogP contribution in [0.5, 0.6) is 23.0 Å². The van der Waals surface area contributed by atoms with Crippen molar-refractivity contribution in [2.75, 3.05) is 84.5 Å². The molecule has 1 fully saturated rings. The van der Waals surface area contributed by atoms with E-state index in [2.05, 4.69) is 51.5 Å². The summed E-state index contributed by atoms with van der Waals surface area (Å²) in [4.78, 5) is 32.1. The van der Waals surface area contributed by atoms with E-state index in [4.69, 9.17) is 142 Å². The number of rotatable bonds is 36. The molecule has 34 nitrogen and oxygen atoms in total. The van der Waals surface area contributed by atoms with Crippen LogP contribution in [0.25, 0.3) is 0 Å². The lowest BCUT2D eigenvalue weighted by molar-refractivity contribution is 0.313. The molecule has 0 aliphatic carbocycles. The number of azo groups is 4. The lowest BCUT2D eigenvalue weighted by atomic mass is 10.1. The number of nitrogens with one attached hydrogen (secondary N) is 2.